The van der Waals surface area contributed by atoms with Crippen LogP contribution in [0.5, 0.6) is 0 Å². The van der Waals surface area contributed by atoms with Crippen LogP contribution >= 0.6 is 11.6 Å². The number of carbonyl (C=O) groups excluding carboxylic acids is 1. The predicted molar refractivity (Wildman–Crippen MR) is 60.5 cm³/mol. The molecule has 2 aliphatic rings. The predicted octanol–water partition coefficient (Wildman–Crippen LogP) is 1.83. The third-order valence-corrected chi connectivity index (χ3v) is 3.91. The number of hydrogen-bond acceptors (Lipinski definition) is 4. The van der Waals surface area contributed by atoms with E-state index < -0.39 is 5.82 Å². The van der Waals surface area contributed by atoms with E-state index in [1.54, 1.807) is 4.90 Å². The van der Waals surface area contributed by atoms with Crippen molar-refractivity contribution >= 4 is 23.2 Å². The molecule has 0 N–H and O–H groups in total. The number of anilines is 1. The van der Waals surface area contributed by atoms with Gasteiger partial charge in [-0.3, -0.25) is 4.79 Å². The highest BCUT2D eigenvalue weighted by Gasteiger charge is 2.50. The van der Waals surface area contributed by atoms with E-state index in [1.807, 2.05) is 0 Å². The molecule has 1 spiro atoms. The second kappa shape index (κ2) is 3.63. The van der Waals surface area contributed by atoms with Gasteiger partial charge < -0.3 is 4.90 Å². The van der Waals surface area contributed by atoms with Gasteiger partial charge in [-0.2, -0.15) is 4.98 Å². The van der Waals surface area contributed by atoms with E-state index in [9.17, 15) is 9.18 Å². The summed E-state index contributed by atoms with van der Waals surface area (Å²) in [7, 11) is 0. The summed E-state index contributed by atoms with van der Waals surface area (Å²) in [4.78, 5) is 21.0. The normalized spacial score (nSPS) is 22.0. The standard InChI is InChI=1S/C11H11ClFN3O/c12-10-14-4-7(13)9(15-10)16-5-8(17)11(6-16)2-1-3-11/h4H,1-3,5-6H2. The Kier molecular flexibility index (Phi) is 2.33. The lowest BCUT2D eigenvalue weighted by Gasteiger charge is -2.36. The topological polar surface area (TPSA) is 46.1 Å². The fourth-order valence-electron chi connectivity index (χ4n) is 2.60. The number of ketones is 1. The van der Waals surface area contributed by atoms with Crippen molar-refractivity contribution in [2.24, 2.45) is 5.41 Å². The Morgan fingerprint density at radius 3 is 2.82 bits per heavy atom. The quantitative estimate of drug-likeness (QED) is 0.719. The number of hydrogen-bond donors (Lipinski definition) is 0. The van der Waals surface area contributed by atoms with Crippen molar-refractivity contribution in [2.75, 3.05) is 18.0 Å². The van der Waals surface area contributed by atoms with E-state index in [-0.39, 0.29) is 28.8 Å². The van der Waals surface area contributed by atoms with Crippen LogP contribution in [0.15, 0.2) is 6.20 Å². The highest BCUT2D eigenvalue weighted by Crippen LogP contribution is 2.46. The molecule has 0 atom stereocenters. The maximum absolute atomic E-state index is 13.6. The van der Waals surface area contributed by atoms with E-state index in [2.05, 4.69) is 9.97 Å². The SMILES string of the molecule is O=C1CN(c2nc(Cl)ncc2F)CC12CCC2. The third-order valence-electron chi connectivity index (χ3n) is 3.73. The molecule has 0 unspecified atom stereocenters. The summed E-state index contributed by atoms with van der Waals surface area (Å²) in [5.74, 6) is -0.196. The summed E-state index contributed by atoms with van der Waals surface area (Å²) in [6, 6.07) is 0. The zero-order chi connectivity index (χ0) is 12.0. The van der Waals surface area contributed by atoms with Gasteiger partial charge in [0.15, 0.2) is 17.4 Å². The van der Waals surface area contributed by atoms with E-state index in [1.165, 1.54) is 0 Å². The minimum atomic E-state index is -0.529. The smallest absolute Gasteiger partial charge is 0.224 e. The molecule has 2 fully saturated rings. The summed E-state index contributed by atoms with van der Waals surface area (Å²) in [5.41, 5.74) is -0.246. The highest BCUT2D eigenvalue weighted by atomic mass is 35.5. The number of carbonyl (C=O) groups is 1. The Balaban J connectivity index is 1.91. The van der Waals surface area contributed by atoms with Crippen LogP contribution in [-0.2, 0) is 4.79 Å². The first-order chi connectivity index (χ1) is 8.11. The summed E-state index contributed by atoms with van der Waals surface area (Å²) in [6.07, 6.45) is 3.93. The highest BCUT2D eigenvalue weighted by molar-refractivity contribution is 6.28. The Labute approximate surface area is 103 Å². The van der Waals surface area contributed by atoms with Gasteiger partial charge >= 0.3 is 0 Å². The molecule has 4 nitrogen and oxygen atoms in total. The van der Waals surface area contributed by atoms with Gasteiger partial charge in [0.05, 0.1) is 12.7 Å². The van der Waals surface area contributed by atoms with Gasteiger partial charge in [-0.1, -0.05) is 6.42 Å². The van der Waals surface area contributed by atoms with Crippen LogP contribution in [0.4, 0.5) is 10.2 Å². The molecule has 1 aromatic rings. The van der Waals surface area contributed by atoms with Crippen molar-refractivity contribution in [3.63, 3.8) is 0 Å². The Morgan fingerprint density at radius 2 is 2.24 bits per heavy atom. The minimum Gasteiger partial charge on any atom is -0.346 e. The lowest BCUT2D eigenvalue weighted by molar-refractivity contribution is -0.128. The lowest BCUT2D eigenvalue weighted by atomic mass is 9.68. The molecular weight excluding hydrogens is 245 g/mol. The summed E-state index contributed by atoms with van der Waals surface area (Å²) >= 11 is 5.65. The van der Waals surface area contributed by atoms with Gasteiger partial charge in [0, 0.05) is 12.0 Å². The molecule has 6 heteroatoms. The minimum absolute atomic E-state index is 0.00316. The Bertz CT molecular complexity index is 490. The summed E-state index contributed by atoms with van der Waals surface area (Å²) in [5, 5.41) is 0.00316. The van der Waals surface area contributed by atoms with Crippen molar-refractivity contribution in [3.8, 4) is 0 Å². The molecule has 0 aromatic carbocycles. The Morgan fingerprint density at radius 1 is 1.47 bits per heavy atom. The van der Waals surface area contributed by atoms with Crippen molar-refractivity contribution in [3.05, 3.63) is 17.3 Å². The van der Waals surface area contributed by atoms with Gasteiger partial charge in [0.1, 0.15) is 0 Å². The van der Waals surface area contributed by atoms with Crippen molar-refractivity contribution in [1.29, 1.82) is 0 Å². The average molecular weight is 256 g/mol. The largest absolute Gasteiger partial charge is 0.346 e. The molecule has 0 radical (unpaired) electrons. The maximum Gasteiger partial charge on any atom is 0.224 e. The number of rotatable bonds is 1. The van der Waals surface area contributed by atoms with Gasteiger partial charge in [-0.15, -0.1) is 0 Å². The first-order valence-corrected chi connectivity index (χ1v) is 5.95. The monoisotopic (exact) mass is 255 g/mol. The molecule has 1 aromatic heterocycles. The van der Waals surface area contributed by atoms with Crippen molar-refractivity contribution < 1.29 is 9.18 Å². The molecule has 1 saturated heterocycles. The molecule has 1 saturated carbocycles. The zero-order valence-corrected chi connectivity index (χ0v) is 9.87. The fraction of sp³-hybridized carbons (Fsp3) is 0.545. The van der Waals surface area contributed by atoms with Crippen LogP contribution in [0, 0.1) is 11.2 Å². The molecule has 1 aliphatic carbocycles. The second-order valence-corrected chi connectivity index (χ2v) is 5.06. The molecule has 0 bridgehead atoms. The second-order valence-electron chi connectivity index (χ2n) is 4.72. The van der Waals surface area contributed by atoms with Crippen LogP contribution in [-0.4, -0.2) is 28.8 Å². The summed E-state index contributed by atoms with van der Waals surface area (Å²) in [6.45, 7) is 0.778. The van der Waals surface area contributed by atoms with Crippen LogP contribution in [0.3, 0.4) is 0 Å². The van der Waals surface area contributed by atoms with E-state index in [4.69, 9.17) is 11.6 Å². The van der Waals surface area contributed by atoms with Crippen LogP contribution in [0.2, 0.25) is 5.28 Å². The number of halogens is 2. The molecule has 2 heterocycles. The van der Waals surface area contributed by atoms with E-state index >= 15 is 0 Å². The zero-order valence-electron chi connectivity index (χ0n) is 9.12. The van der Waals surface area contributed by atoms with Crippen molar-refractivity contribution in [2.45, 2.75) is 19.3 Å². The number of Topliss-reactive ketones (excluding diaryl/α,β-unsaturated/α-hetero) is 1. The van der Waals surface area contributed by atoms with E-state index in [0.29, 0.717) is 6.54 Å². The Hall–Kier alpha value is -1.23. The lowest BCUT2D eigenvalue weighted by Crippen LogP contribution is -2.37. The molecule has 3 rings (SSSR count). The first kappa shape index (κ1) is 10.9. The van der Waals surface area contributed by atoms with Crippen LogP contribution in [0.25, 0.3) is 0 Å². The van der Waals surface area contributed by atoms with Crippen molar-refractivity contribution in [1.82, 2.24) is 9.97 Å². The van der Waals surface area contributed by atoms with Crippen LogP contribution in [0.1, 0.15) is 19.3 Å². The molecule has 90 valence electrons. The molecule has 0 amide bonds. The molecule has 1 aliphatic heterocycles. The summed E-state index contributed by atoms with van der Waals surface area (Å²) < 4.78 is 13.6. The molecular formula is C11H11ClFN3O. The third kappa shape index (κ3) is 1.60. The van der Waals surface area contributed by atoms with Crippen LogP contribution < -0.4 is 4.90 Å². The average Bonchev–Trinajstić information content (AvgIpc) is 2.59. The molecule has 17 heavy (non-hydrogen) atoms. The van der Waals surface area contributed by atoms with Gasteiger partial charge in [0.2, 0.25) is 5.28 Å². The fourth-order valence-corrected chi connectivity index (χ4v) is 2.73. The van der Waals surface area contributed by atoms with Gasteiger partial charge in [-0.05, 0) is 24.4 Å². The van der Waals surface area contributed by atoms with E-state index in [0.717, 1.165) is 25.5 Å². The maximum atomic E-state index is 13.6. The number of nitrogens with zero attached hydrogens (tertiary/aromatic N) is 3. The number of aromatic nitrogens is 2. The van der Waals surface area contributed by atoms with Gasteiger partial charge in [0.25, 0.3) is 0 Å². The first-order valence-electron chi connectivity index (χ1n) is 5.57. The van der Waals surface area contributed by atoms with Gasteiger partial charge in [-0.25, -0.2) is 9.37 Å².